The summed E-state index contributed by atoms with van der Waals surface area (Å²) < 4.78 is 18.2. The maximum absolute atomic E-state index is 13.2. The van der Waals surface area contributed by atoms with Crippen molar-refractivity contribution in [3.8, 4) is 0 Å². The number of benzene rings is 1. The van der Waals surface area contributed by atoms with Crippen LogP contribution in [0.3, 0.4) is 0 Å². The van der Waals surface area contributed by atoms with Crippen LogP contribution >= 0.6 is 27.7 Å². The lowest BCUT2D eigenvalue weighted by atomic mass is 10.3. The standard InChI is InChI=1S/C12H13BrFN5O2S/c1-15-4-5-22-12-10(18-21-19-12)11(17-20)16-7-2-3-9(14)8(13)6-7/h2-3,6,15,20H,4-5H2,1H3,(H,16,17). The molecule has 0 saturated heterocycles. The molecule has 0 aliphatic carbocycles. The molecule has 118 valence electrons. The van der Waals surface area contributed by atoms with E-state index in [0.29, 0.717) is 10.7 Å². The van der Waals surface area contributed by atoms with E-state index < -0.39 is 0 Å². The number of nitrogens with zero attached hydrogens (tertiary/aromatic N) is 3. The Morgan fingerprint density at radius 2 is 2.32 bits per heavy atom. The first-order chi connectivity index (χ1) is 10.7. The molecule has 7 nitrogen and oxygen atoms in total. The molecular weight excluding hydrogens is 377 g/mol. The number of amidine groups is 1. The number of rotatable bonds is 6. The van der Waals surface area contributed by atoms with Gasteiger partial charge in [0.25, 0.3) is 0 Å². The molecule has 0 spiro atoms. The van der Waals surface area contributed by atoms with E-state index in [0.717, 1.165) is 12.3 Å². The minimum Gasteiger partial charge on any atom is -0.409 e. The zero-order valence-corrected chi connectivity index (χ0v) is 13.9. The van der Waals surface area contributed by atoms with Crippen LogP contribution < -0.4 is 10.6 Å². The lowest BCUT2D eigenvalue weighted by molar-refractivity contribution is 0.297. The molecule has 0 amide bonds. The van der Waals surface area contributed by atoms with Crippen LogP contribution in [0.25, 0.3) is 0 Å². The summed E-state index contributed by atoms with van der Waals surface area (Å²) in [5.41, 5.74) is 0.805. The molecule has 0 unspecified atom stereocenters. The second-order valence-electron chi connectivity index (χ2n) is 4.07. The smallest absolute Gasteiger partial charge is 0.202 e. The Hall–Kier alpha value is -1.65. The Morgan fingerprint density at radius 1 is 1.50 bits per heavy atom. The molecule has 0 radical (unpaired) electrons. The molecule has 2 aromatic rings. The van der Waals surface area contributed by atoms with Gasteiger partial charge >= 0.3 is 0 Å². The van der Waals surface area contributed by atoms with Gasteiger partial charge in [0.1, 0.15) is 5.82 Å². The number of hydrogen-bond donors (Lipinski definition) is 3. The van der Waals surface area contributed by atoms with E-state index in [-0.39, 0.29) is 21.8 Å². The van der Waals surface area contributed by atoms with Gasteiger partial charge < -0.3 is 15.8 Å². The Bertz CT molecular complexity index is 667. The molecule has 10 heteroatoms. The van der Waals surface area contributed by atoms with Gasteiger partial charge in [-0.1, -0.05) is 16.9 Å². The van der Waals surface area contributed by atoms with Crippen molar-refractivity contribution in [2.75, 3.05) is 24.7 Å². The van der Waals surface area contributed by atoms with Gasteiger partial charge in [-0.25, -0.2) is 9.02 Å². The highest BCUT2D eigenvalue weighted by Gasteiger charge is 2.18. The van der Waals surface area contributed by atoms with E-state index >= 15 is 0 Å². The number of aromatic nitrogens is 2. The topological polar surface area (TPSA) is 95.6 Å². The van der Waals surface area contributed by atoms with E-state index in [2.05, 4.69) is 42.0 Å². The fraction of sp³-hybridized carbons (Fsp3) is 0.250. The monoisotopic (exact) mass is 389 g/mol. The van der Waals surface area contributed by atoms with Crippen LogP contribution in [0, 0.1) is 5.82 Å². The highest BCUT2D eigenvalue weighted by molar-refractivity contribution is 9.10. The lowest BCUT2D eigenvalue weighted by Gasteiger charge is -2.07. The Balaban J connectivity index is 2.15. The van der Waals surface area contributed by atoms with E-state index in [1.807, 2.05) is 7.05 Å². The van der Waals surface area contributed by atoms with Crippen molar-refractivity contribution in [1.29, 1.82) is 0 Å². The summed E-state index contributed by atoms with van der Waals surface area (Å²) in [6.45, 7) is 0.779. The quantitative estimate of drug-likeness (QED) is 0.174. The predicted octanol–water partition coefficient (Wildman–Crippen LogP) is 2.53. The second-order valence-corrected chi connectivity index (χ2v) is 6.01. The summed E-state index contributed by atoms with van der Waals surface area (Å²) in [6.07, 6.45) is 0. The second kappa shape index (κ2) is 8.11. The molecule has 1 heterocycles. The van der Waals surface area contributed by atoms with Crippen LogP contribution in [0.4, 0.5) is 10.1 Å². The summed E-state index contributed by atoms with van der Waals surface area (Å²) in [7, 11) is 1.84. The van der Waals surface area contributed by atoms with E-state index in [4.69, 9.17) is 4.63 Å². The summed E-state index contributed by atoms with van der Waals surface area (Å²) >= 11 is 4.50. The van der Waals surface area contributed by atoms with Crippen LogP contribution in [0.15, 0.2) is 37.5 Å². The van der Waals surface area contributed by atoms with Crippen molar-refractivity contribution >= 4 is 39.2 Å². The average molecular weight is 390 g/mol. The van der Waals surface area contributed by atoms with Crippen molar-refractivity contribution < 1.29 is 14.2 Å². The maximum Gasteiger partial charge on any atom is 0.202 e. The molecule has 2 rings (SSSR count). The van der Waals surface area contributed by atoms with Gasteiger partial charge in [-0.05, 0) is 51.5 Å². The van der Waals surface area contributed by atoms with E-state index in [1.54, 1.807) is 0 Å². The molecule has 0 saturated carbocycles. The molecule has 0 aliphatic rings. The van der Waals surface area contributed by atoms with Crippen LogP contribution in [-0.4, -0.2) is 40.7 Å². The third-order valence-corrected chi connectivity index (χ3v) is 4.11. The summed E-state index contributed by atoms with van der Waals surface area (Å²) in [4.78, 5) is 0. The number of anilines is 1. The van der Waals surface area contributed by atoms with Gasteiger partial charge in [-0.3, -0.25) is 0 Å². The first-order valence-electron chi connectivity index (χ1n) is 6.20. The van der Waals surface area contributed by atoms with Gasteiger partial charge in [0.2, 0.25) is 5.84 Å². The van der Waals surface area contributed by atoms with Crippen LogP contribution in [0.5, 0.6) is 0 Å². The van der Waals surface area contributed by atoms with Gasteiger partial charge in [0, 0.05) is 18.0 Å². The van der Waals surface area contributed by atoms with Crippen molar-refractivity contribution in [1.82, 2.24) is 15.6 Å². The number of nitrogens with one attached hydrogen (secondary N) is 2. The van der Waals surface area contributed by atoms with Crippen molar-refractivity contribution in [3.63, 3.8) is 0 Å². The van der Waals surface area contributed by atoms with Crippen molar-refractivity contribution in [2.24, 2.45) is 5.16 Å². The zero-order valence-electron chi connectivity index (χ0n) is 11.5. The van der Waals surface area contributed by atoms with Gasteiger partial charge in [0.15, 0.2) is 10.7 Å². The summed E-state index contributed by atoms with van der Waals surface area (Å²) in [5.74, 6) is 0.421. The fourth-order valence-electron chi connectivity index (χ4n) is 1.51. The highest BCUT2D eigenvalue weighted by atomic mass is 79.9. The molecule has 0 aliphatic heterocycles. The summed E-state index contributed by atoms with van der Waals surface area (Å²) in [6, 6.07) is 4.31. The Labute approximate surface area is 138 Å². The highest BCUT2D eigenvalue weighted by Crippen LogP contribution is 2.23. The zero-order chi connectivity index (χ0) is 15.9. The molecule has 3 N–H and O–H groups in total. The fourth-order valence-corrected chi connectivity index (χ4v) is 2.75. The van der Waals surface area contributed by atoms with Crippen molar-refractivity contribution in [2.45, 2.75) is 5.03 Å². The van der Waals surface area contributed by atoms with Crippen LogP contribution in [-0.2, 0) is 0 Å². The average Bonchev–Trinajstić information content (AvgIpc) is 2.97. The molecular formula is C12H13BrFN5O2S. The Morgan fingerprint density at radius 3 is 3.00 bits per heavy atom. The first kappa shape index (κ1) is 16.7. The number of oxime groups is 1. The minimum absolute atomic E-state index is 0.0618. The predicted molar refractivity (Wildman–Crippen MR) is 85.0 cm³/mol. The molecule has 0 atom stereocenters. The SMILES string of the molecule is CNCCSc1nonc1/C(=N/O)Nc1ccc(F)c(Br)c1. The minimum atomic E-state index is -0.389. The van der Waals surface area contributed by atoms with Crippen molar-refractivity contribution in [3.05, 3.63) is 34.2 Å². The number of halogens is 2. The Kier molecular flexibility index (Phi) is 6.16. The first-order valence-corrected chi connectivity index (χ1v) is 7.98. The molecule has 22 heavy (non-hydrogen) atoms. The number of thioether (sulfide) groups is 1. The van der Waals surface area contributed by atoms with Gasteiger partial charge in [0.05, 0.1) is 4.47 Å². The largest absolute Gasteiger partial charge is 0.409 e. The van der Waals surface area contributed by atoms with Crippen LogP contribution in [0.2, 0.25) is 0 Å². The van der Waals surface area contributed by atoms with Gasteiger partial charge in [-0.2, -0.15) is 0 Å². The molecule has 0 bridgehead atoms. The molecule has 1 aromatic carbocycles. The third-order valence-electron chi connectivity index (χ3n) is 2.56. The lowest BCUT2D eigenvalue weighted by Crippen LogP contribution is -2.16. The van der Waals surface area contributed by atoms with E-state index in [9.17, 15) is 9.60 Å². The third kappa shape index (κ3) is 4.18. The van der Waals surface area contributed by atoms with Crippen LogP contribution in [0.1, 0.15) is 5.69 Å². The normalized spacial score (nSPS) is 11.7. The number of hydrogen-bond acceptors (Lipinski definition) is 7. The molecule has 1 aromatic heterocycles. The molecule has 0 fully saturated rings. The summed E-state index contributed by atoms with van der Waals surface area (Å²) in [5, 5.41) is 26.2. The maximum atomic E-state index is 13.2. The van der Waals surface area contributed by atoms with Gasteiger partial charge in [-0.15, -0.1) is 0 Å². The van der Waals surface area contributed by atoms with E-state index in [1.165, 1.54) is 30.0 Å².